The highest BCUT2D eigenvalue weighted by Gasteiger charge is 2.25. The van der Waals surface area contributed by atoms with Crippen molar-refractivity contribution in [3.63, 3.8) is 0 Å². The van der Waals surface area contributed by atoms with E-state index in [-0.39, 0.29) is 36.9 Å². The molecule has 2 aromatic rings. The number of methoxy groups -OCH3 is 1. The van der Waals surface area contributed by atoms with Gasteiger partial charge in [-0.3, -0.25) is 9.59 Å². The summed E-state index contributed by atoms with van der Waals surface area (Å²) in [6.07, 6.45) is 1.72. The van der Waals surface area contributed by atoms with Gasteiger partial charge < -0.3 is 25.4 Å². The number of carbonyl (C=O) groups excluding carboxylic acids is 2. The molecule has 0 aromatic heterocycles. The Morgan fingerprint density at radius 2 is 1.97 bits per heavy atom. The van der Waals surface area contributed by atoms with Gasteiger partial charge in [-0.25, -0.2) is 0 Å². The van der Waals surface area contributed by atoms with Crippen LogP contribution in [0.1, 0.15) is 36.2 Å². The number of benzene rings is 2. The second-order valence-corrected chi connectivity index (χ2v) is 7.28. The number of carbonyl (C=O) groups is 2. The monoisotopic (exact) mass is 433 g/mol. The lowest BCUT2D eigenvalue weighted by molar-refractivity contribution is -0.123. The molecule has 0 saturated heterocycles. The Morgan fingerprint density at radius 3 is 2.67 bits per heavy atom. The summed E-state index contributed by atoms with van der Waals surface area (Å²) in [6, 6.07) is 10.6. The molecule has 0 radical (unpaired) electrons. The fourth-order valence-electron chi connectivity index (χ4n) is 3.45. The first kappa shape index (κ1) is 23.3. The van der Waals surface area contributed by atoms with Gasteiger partial charge in [0.2, 0.25) is 0 Å². The van der Waals surface area contributed by atoms with Gasteiger partial charge in [-0.1, -0.05) is 6.07 Å². The summed E-state index contributed by atoms with van der Waals surface area (Å²) in [7, 11) is 1.50. The van der Waals surface area contributed by atoms with E-state index in [1.54, 1.807) is 23.1 Å². The van der Waals surface area contributed by atoms with Crippen molar-refractivity contribution in [1.82, 2.24) is 5.32 Å². The van der Waals surface area contributed by atoms with Crippen LogP contribution in [0.5, 0.6) is 11.5 Å². The number of nitrogens with two attached hydrogens (primary N) is 1. The summed E-state index contributed by atoms with van der Waals surface area (Å²) >= 11 is 0. The van der Waals surface area contributed by atoms with E-state index in [2.05, 4.69) is 5.32 Å². The molecule has 7 nitrogen and oxygen atoms in total. The summed E-state index contributed by atoms with van der Waals surface area (Å²) < 4.78 is 10.9. The molecule has 0 saturated carbocycles. The molecule has 0 atom stereocenters. The summed E-state index contributed by atoms with van der Waals surface area (Å²) in [4.78, 5) is 26.7. The van der Waals surface area contributed by atoms with Crippen LogP contribution in [0.2, 0.25) is 0 Å². The smallest absolute Gasteiger partial charge is 0.258 e. The highest BCUT2D eigenvalue weighted by molar-refractivity contribution is 6.07. The number of fused-ring (bicyclic) bond motifs is 1. The maximum absolute atomic E-state index is 13.2. The van der Waals surface area contributed by atoms with Gasteiger partial charge in [-0.15, -0.1) is 12.4 Å². The maximum Gasteiger partial charge on any atom is 0.258 e. The van der Waals surface area contributed by atoms with Gasteiger partial charge in [-0.05, 0) is 62.6 Å². The Hall–Kier alpha value is -2.93. The van der Waals surface area contributed by atoms with Crippen molar-refractivity contribution in [3.8, 4) is 11.5 Å². The fourth-order valence-corrected chi connectivity index (χ4v) is 3.45. The number of nitrogens with zero attached hydrogens (tertiary/aromatic N) is 1. The molecule has 0 spiro atoms. The summed E-state index contributed by atoms with van der Waals surface area (Å²) in [6.45, 7) is 4.27. The summed E-state index contributed by atoms with van der Waals surface area (Å²) in [5, 5.41) is 2.76. The first-order valence-corrected chi connectivity index (χ1v) is 9.70. The van der Waals surface area contributed by atoms with Crippen molar-refractivity contribution in [2.24, 2.45) is 0 Å². The van der Waals surface area contributed by atoms with Crippen LogP contribution in [-0.4, -0.2) is 38.1 Å². The first-order chi connectivity index (χ1) is 13.9. The van der Waals surface area contributed by atoms with Crippen molar-refractivity contribution in [2.75, 3.05) is 30.9 Å². The lowest BCUT2D eigenvalue weighted by atomic mass is 9.99. The summed E-state index contributed by atoms with van der Waals surface area (Å²) in [5.74, 6) is 0.466. The molecular weight excluding hydrogens is 406 g/mol. The van der Waals surface area contributed by atoms with Crippen molar-refractivity contribution in [3.05, 3.63) is 47.5 Å². The number of anilines is 2. The molecule has 1 heterocycles. The Kier molecular flexibility index (Phi) is 7.94. The minimum Gasteiger partial charge on any atom is -0.493 e. The van der Waals surface area contributed by atoms with Crippen molar-refractivity contribution >= 4 is 35.6 Å². The number of amides is 2. The van der Waals surface area contributed by atoms with Crippen LogP contribution in [0.15, 0.2) is 36.4 Å². The highest BCUT2D eigenvalue weighted by atomic mass is 35.5. The molecule has 0 bridgehead atoms. The quantitative estimate of drug-likeness (QED) is 0.682. The lowest BCUT2D eigenvalue weighted by Gasteiger charge is -2.30. The Balaban J connectivity index is 0.00000320. The van der Waals surface area contributed by atoms with E-state index in [4.69, 9.17) is 15.2 Å². The van der Waals surface area contributed by atoms with E-state index in [1.807, 2.05) is 32.0 Å². The van der Waals surface area contributed by atoms with Crippen LogP contribution in [-0.2, 0) is 11.2 Å². The van der Waals surface area contributed by atoms with E-state index in [0.29, 0.717) is 29.3 Å². The van der Waals surface area contributed by atoms with Gasteiger partial charge in [0.1, 0.15) is 0 Å². The molecule has 0 fully saturated rings. The number of nitrogens with one attached hydrogen (secondary N) is 1. The van der Waals surface area contributed by atoms with Gasteiger partial charge in [0.15, 0.2) is 18.1 Å². The average molecular weight is 434 g/mol. The molecule has 8 heteroatoms. The molecule has 3 rings (SSSR count). The van der Waals surface area contributed by atoms with Crippen LogP contribution < -0.4 is 25.4 Å². The SMILES string of the molecule is COc1cc(C(=O)N2CCCc3c(N)cccc32)ccc1OCC(=O)NC(C)C.Cl. The maximum atomic E-state index is 13.2. The zero-order chi connectivity index (χ0) is 21.0. The third-order valence-corrected chi connectivity index (χ3v) is 4.75. The predicted octanol–water partition coefficient (Wildman–Crippen LogP) is 3.20. The minimum atomic E-state index is -0.218. The number of rotatable bonds is 6. The standard InChI is InChI=1S/C22H27N3O4.ClH/c1-14(2)24-21(26)13-29-19-10-9-15(12-20(19)28-3)22(27)25-11-5-6-16-17(23)7-4-8-18(16)25;/h4,7-10,12,14H,5-6,11,13,23H2,1-3H3,(H,24,26);1H. The van der Waals surface area contributed by atoms with Crippen molar-refractivity contribution in [1.29, 1.82) is 0 Å². The third kappa shape index (κ3) is 5.16. The molecule has 162 valence electrons. The number of ether oxygens (including phenoxy) is 2. The largest absolute Gasteiger partial charge is 0.493 e. The van der Waals surface area contributed by atoms with Gasteiger partial charge in [0, 0.05) is 29.5 Å². The van der Waals surface area contributed by atoms with E-state index < -0.39 is 0 Å². The normalized spacial score (nSPS) is 12.6. The lowest BCUT2D eigenvalue weighted by Crippen LogP contribution is -2.35. The predicted molar refractivity (Wildman–Crippen MR) is 120 cm³/mol. The van der Waals surface area contributed by atoms with Crippen LogP contribution >= 0.6 is 12.4 Å². The number of hydrogen-bond donors (Lipinski definition) is 2. The Morgan fingerprint density at radius 1 is 1.20 bits per heavy atom. The summed E-state index contributed by atoms with van der Waals surface area (Å²) in [5.41, 5.74) is 9.14. The van der Waals surface area contributed by atoms with Crippen LogP contribution in [0.25, 0.3) is 0 Å². The zero-order valence-corrected chi connectivity index (χ0v) is 18.3. The minimum absolute atomic E-state index is 0. The van der Waals surface area contributed by atoms with Crippen LogP contribution in [0, 0.1) is 0 Å². The topological polar surface area (TPSA) is 93.9 Å². The molecule has 0 unspecified atom stereocenters. The van der Waals surface area contributed by atoms with E-state index in [1.165, 1.54) is 7.11 Å². The van der Waals surface area contributed by atoms with E-state index >= 15 is 0 Å². The number of halogens is 1. The molecule has 0 aliphatic carbocycles. The molecule has 3 N–H and O–H groups in total. The van der Waals surface area contributed by atoms with Gasteiger partial charge in [-0.2, -0.15) is 0 Å². The second-order valence-electron chi connectivity index (χ2n) is 7.28. The van der Waals surface area contributed by atoms with E-state index in [0.717, 1.165) is 24.1 Å². The Bertz CT molecular complexity index is 917. The van der Waals surface area contributed by atoms with Crippen molar-refractivity contribution in [2.45, 2.75) is 32.7 Å². The van der Waals surface area contributed by atoms with Crippen LogP contribution in [0.3, 0.4) is 0 Å². The molecular formula is C22H28ClN3O4. The van der Waals surface area contributed by atoms with Gasteiger partial charge in [0.05, 0.1) is 7.11 Å². The second kappa shape index (κ2) is 10.2. The average Bonchev–Trinajstić information content (AvgIpc) is 2.71. The molecule has 2 amide bonds. The number of hydrogen-bond acceptors (Lipinski definition) is 5. The van der Waals surface area contributed by atoms with Gasteiger partial charge >= 0.3 is 0 Å². The molecule has 1 aliphatic rings. The third-order valence-electron chi connectivity index (χ3n) is 4.75. The van der Waals surface area contributed by atoms with Crippen molar-refractivity contribution < 1.29 is 19.1 Å². The van der Waals surface area contributed by atoms with E-state index in [9.17, 15) is 9.59 Å². The van der Waals surface area contributed by atoms with Crippen LogP contribution in [0.4, 0.5) is 11.4 Å². The fraction of sp³-hybridized carbons (Fsp3) is 0.364. The van der Waals surface area contributed by atoms with Gasteiger partial charge in [0.25, 0.3) is 11.8 Å². The molecule has 2 aromatic carbocycles. The Labute approximate surface area is 182 Å². The first-order valence-electron chi connectivity index (χ1n) is 9.70. The molecule has 1 aliphatic heterocycles. The number of nitrogen functional groups attached to an aromatic ring is 1. The molecule has 30 heavy (non-hydrogen) atoms. The zero-order valence-electron chi connectivity index (χ0n) is 17.4. The highest BCUT2D eigenvalue weighted by Crippen LogP contribution is 2.34.